The van der Waals surface area contributed by atoms with Gasteiger partial charge in [0.05, 0.1) is 6.10 Å². The van der Waals surface area contributed by atoms with Crippen molar-refractivity contribution in [2.24, 2.45) is 0 Å². The Balaban J connectivity index is 1.68. The lowest BCUT2D eigenvalue weighted by Crippen LogP contribution is -2.38. The molecule has 0 aliphatic carbocycles. The van der Waals surface area contributed by atoms with E-state index in [1.165, 1.54) is 11.1 Å². The van der Waals surface area contributed by atoms with Crippen LogP contribution in [0.2, 0.25) is 0 Å². The molecule has 6 heteroatoms. The molecule has 2 heterocycles. The van der Waals surface area contributed by atoms with Crippen LogP contribution in [0.4, 0.5) is 5.95 Å². The van der Waals surface area contributed by atoms with Gasteiger partial charge in [-0.05, 0) is 56.9 Å². The van der Waals surface area contributed by atoms with Crippen LogP contribution in [0, 0.1) is 13.8 Å². The third-order valence-corrected chi connectivity index (χ3v) is 5.03. The minimum Gasteiger partial charge on any atom is -0.486 e. The van der Waals surface area contributed by atoms with Gasteiger partial charge in [0.1, 0.15) is 12.4 Å². The normalized spacial score (nSPS) is 15.6. The molecule has 1 aliphatic rings. The predicted octanol–water partition coefficient (Wildman–Crippen LogP) is 3.11. The molecule has 3 rings (SSSR count). The van der Waals surface area contributed by atoms with Gasteiger partial charge in [0, 0.05) is 26.7 Å². The monoisotopic (exact) mass is 344 g/mol. The molecule has 1 aromatic heterocycles. The molecule has 0 N–H and O–H groups in total. The molecule has 25 heavy (non-hydrogen) atoms. The van der Waals surface area contributed by atoms with Crippen LogP contribution < -0.4 is 9.64 Å². The highest BCUT2D eigenvalue weighted by atomic mass is 16.5. The number of aryl methyl sites for hydroxylation is 2. The summed E-state index contributed by atoms with van der Waals surface area (Å²) in [5.41, 5.74) is 2.50. The molecule has 1 aliphatic heterocycles. The molecule has 0 bridgehead atoms. The van der Waals surface area contributed by atoms with Crippen LogP contribution in [-0.2, 0) is 17.9 Å². The van der Waals surface area contributed by atoms with E-state index in [9.17, 15) is 0 Å². The van der Waals surface area contributed by atoms with E-state index < -0.39 is 0 Å². The van der Waals surface area contributed by atoms with Crippen LogP contribution in [-0.4, -0.2) is 41.1 Å². The van der Waals surface area contributed by atoms with E-state index in [4.69, 9.17) is 9.47 Å². The number of hydrogen-bond donors (Lipinski definition) is 0. The third kappa shape index (κ3) is 3.95. The molecule has 1 saturated heterocycles. The second-order valence-electron chi connectivity index (χ2n) is 6.62. The number of benzene rings is 1. The number of piperidine rings is 1. The minimum atomic E-state index is 0.363. The van der Waals surface area contributed by atoms with Crippen molar-refractivity contribution in [2.45, 2.75) is 52.9 Å². The number of aromatic nitrogens is 3. The van der Waals surface area contributed by atoms with Crippen LogP contribution in [0.3, 0.4) is 0 Å². The second kappa shape index (κ2) is 7.87. The second-order valence-corrected chi connectivity index (χ2v) is 6.62. The Morgan fingerprint density at radius 3 is 2.52 bits per heavy atom. The van der Waals surface area contributed by atoms with Crippen molar-refractivity contribution in [1.29, 1.82) is 0 Å². The number of hydrogen-bond acceptors (Lipinski definition) is 5. The summed E-state index contributed by atoms with van der Waals surface area (Å²) in [6.45, 7) is 9.48. The van der Waals surface area contributed by atoms with Crippen molar-refractivity contribution in [2.75, 3.05) is 25.1 Å². The molecule has 0 atom stereocenters. The summed E-state index contributed by atoms with van der Waals surface area (Å²) in [6, 6.07) is 6.16. The summed E-state index contributed by atoms with van der Waals surface area (Å²) in [4.78, 5) is 2.30. The first-order chi connectivity index (χ1) is 12.1. The molecule has 0 amide bonds. The van der Waals surface area contributed by atoms with Crippen molar-refractivity contribution >= 4 is 5.95 Å². The molecule has 136 valence electrons. The van der Waals surface area contributed by atoms with Crippen molar-refractivity contribution in [3.63, 3.8) is 0 Å². The molecule has 0 spiro atoms. The zero-order chi connectivity index (χ0) is 17.8. The fourth-order valence-corrected chi connectivity index (χ4v) is 3.23. The lowest BCUT2D eigenvalue weighted by atomic mass is 10.1. The number of methoxy groups -OCH3 is 1. The van der Waals surface area contributed by atoms with E-state index in [0.29, 0.717) is 12.7 Å². The lowest BCUT2D eigenvalue weighted by molar-refractivity contribution is 0.0815. The fraction of sp³-hybridized carbons (Fsp3) is 0.579. The van der Waals surface area contributed by atoms with Crippen LogP contribution in [0.15, 0.2) is 18.2 Å². The molecule has 0 radical (unpaired) electrons. The van der Waals surface area contributed by atoms with Crippen LogP contribution in [0.25, 0.3) is 0 Å². The molecular formula is C19H28N4O2. The Bertz CT molecular complexity index is 705. The first-order valence-electron chi connectivity index (χ1n) is 9.02. The fourth-order valence-electron chi connectivity index (χ4n) is 3.23. The van der Waals surface area contributed by atoms with E-state index in [-0.39, 0.29) is 0 Å². The van der Waals surface area contributed by atoms with Gasteiger partial charge >= 0.3 is 0 Å². The SMILES string of the molecule is CCn1c(COc2ccc(C)c(C)c2)nnc1N1CCC(OC)CC1. The van der Waals surface area contributed by atoms with Crippen LogP contribution in [0.1, 0.15) is 36.7 Å². The minimum absolute atomic E-state index is 0.363. The summed E-state index contributed by atoms with van der Waals surface area (Å²) in [7, 11) is 1.79. The third-order valence-electron chi connectivity index (χ3n) is 5.03. The van der Waals surface area contributed by atoms with E-state index in [0.717, 1.165) is 50.0 Å². The van der Waals surface area contributed by atoms with Crippen molar-refractivity contribution in [3.05, 3.63) is 35.2 Å². The Morgan fingerprint density at radius 1 is 1.12 bits per heavy atom. The average Bonchev–Trinajstić information content (AvgIpc) is 3.05. The van der Waals surface area contributed by atoms with Gasteiger partial charge in [0.15, 0.2) is 5.82 Å². The smallest absolute Gasteiger partial charge is 0.227 e. The van der Waals surface area contributed by atoms with Gasteiger partial charge in [-0.3, -0.25) is 4.57 Å². The standard InChI is InChI=1S/C19H28N4O2/c1-5-23-18(13-25-17-7-6-14(2)15(3)12-17)20-21-19(23)22-10-8-16(24-4)9-11-22/h6-7,12,16H,5,8-11,13H2,1-4H3. The maximum atomic E-state index is 5.94. The van der Waals surface area contributed by atoms with Crippen molar-refractivity contribution in [3.8, 4) is 5.75 Å². The van der Waals surface area contributed by atoms with Gasteiger partial charge in [-0.2, -0.15) is 0 Å². The molecule has 0 unspecified atom stereocenters. The Kier molecular flexibility index (Phi) is 5.58. The van der Waals surface area contributed by atoms with Crippen molar-refractivity contribution < 1.29 is 9.47 Å². The first kappa shape index (κ1) is 17.7. The van der Waals surface area contributed by atoms with E-state index in [1.807, 2.05) is 6.07 Å². The molecule has 0 saturated carbocycles. The van der Waals surface area contributed by atoms with Gasteiger partial charge < -0.3 is 14.4 Å². The summed E-state index contributed by atoms with van der Waals surface area (Å²) in [5.74, 6) is 2.68. The molecule has 1 fully saturated rings. The Labute approximate surface area is 149 Å². The maximum Gasteiger partial charge on any atom is 0.227 e. The molecule has 2 aromatic rings. The van der Waals surface area contributed by atoms with Gasteiger partial charge in [0.2, 0.25) is 5.95 Å². The summed E-state index contributed by atoms with van der Waals surface area (Å²) >= 11 is 0. The molecular weight excluding hydrogens is 316 g/mol. The number of anilines is 1. The summed E-state index contributed by atoms with van der Waals surface area (Å²) < 4.78 is 13.5. The van der Waals surface area contributed by atoms with E-state index in [2.05, 4.69) is 52.6 Å². The van der Waals surface area contributed by atoms with Crippen LogP contribution in [0.5, 0.6) is 5.75 Å². The Morgan fingerprint density at radius 2 is 1.88 bits per heavy atom. The van der Waals surface area contributed by atoms with Gasteiger partial charge in [-0.1, -0.05) is 6.07 Å². The highest BCUT2D eigenvalue weighted by Gasteiger charge is 2.23. The van der Waals surface area contributed by atoms with Gasteiger partial charge in [-0.25, -0.2) is 0 Å². The number of nitrogens with zero attached hydrogens (tertiary/aromatic N) is 4. The molecule has 1 aromatic carbocycles. The quantitative estimate of drug-likeness (QED) is 0.806. The Hall–Kier alpha value is -2.08. The lowest BCUT2D eigenvalue weighted by Gasteiger charge is -2.31. The zero-order valence-electron chi connectivity index (χ0n) is 15.7. The average molecular weight is 344 g/mol. The highest BCUT2D eigenvalue weighted by Crippen LogP contribution is 2.22. The van der Waals surface area contributed by atoms with Crippen molar-refractivity contribution in [1.82, 2.24) is 14.8 Å². The van der Waals surface area contributed by atoms with Gasteiger partial charge in [-0.15, -0.1) is 10.2 Å². The zero-order valence-corrected chi connectivity index (χ0v) is 15.7. The van der Waals surface area contributed by atoms with Gasteiger partial charge in [0.25, 0.3) is 0 Å². The van der Waals surface area contributed by atoms with E-state index in [1.54, 1.807) is 7.11 Å². The number of ether oxygens (including phenoxy) is 2. The topological polar surface area (TPSA) is 52.4 Å². The largest absolute Gasteiger partial charge is 0.486 e. The number of rotatable bonds is 6. The summed E-state index contributed by atoms with van der Waals surface area (Å²) in [6.07, 6.45) is 2.42. The predicted molar refractivity (Wildman–Crippen MR) is 98.2 cm³/mol. The van der Waals surface area contributed by atoms with E-state index >= 15 is 0 Å². The van der Waals surface area contributed by atoms with Crippen LogP contribution >= 0.6 is 0 Å². The maximum absolute atomic E-state index is 5.94. The first-order valence-corrected chi connectivity index (χ1v) is 9.02. The summed E-state index contributed by atoms with van der Waals surface area (Å²) in [5, 5.41) is 8.79. The highest BCUT2D eigenvalue weighted by molar-refractivity contribution is 5.34. The molecule has 6 nitrogen and oxygen atoms in total.